The van der Waals surface area contributed by atoms with Crippen LogP contribution in [-0.2, 0) is 18.6 Å². The number of fused-ring (bicyclic) bond motifs is 3. The molecular formula is C16H13N3O2S2. The molecule has 0 fully saturated rings. The number of aromatic nitrogens is 2. The second kappa shape index (κ2) is 5.90. The first-order valence-electron chi connectivity index (χ1n) is 7.34. The molecule has 116 valence electrons. The molecule has 0 unspecified atom stereocenters. The smallest absolute Gasteiger partial charge is 0.258 e. The number of rotatable bonds is 4. The van der Waals surface area contributed by atoms with E-state index in [4.69, 9.17) is 0 Å². The Bertz CT molecular complexity index is 890. The van der Waals surface area contributed by atoms with Crippen molar-refractivity contribution in [3.05, 3.63) is 56.7 Å². The maximum atomic E-state index is 10.7. The summed E-state index contributed by atoms with van der Waals surface area (Å²) in [6.45, 7) is 0. The first-order valence-corrected chi connectivity index (χ1v) is 9.14. The van der Waals surface area contributed by atoms with Crippen LogP contribution in [0, 0.1) is 10.1 Å². The molecule has 3 aromatic rings. The number of thiophene rings is 1. The molecule has 0 bridgehead atoms. The number of nitro benzene ring substituents is 1. The first-order chi connectivity index (χ1) is 11.2. The van der Waals surface area contributed by atoms with Gasteiger partial charge in [0.05, 0.1) is 4.92 Å². The third-order valence-corrected chi connectivity index (χ3v) is 6.25. The Morgan fingerprint density at radius 2 is 2.04 bits per heavy atom. The molecule has 4 rings (SSSR count). The number of hydrogen-bond acceptors (Lipinski definition) is 6. The largest absolute Gasteiger partial charge is 0.269 e. The van der Waals surface area contributed by atoms with Crippen LogP contribution in [0.25, 0.3) is 10.2 Å². The minimum atomic E-state index is -0.375. The van der Waals surface area contributed by atoms with E-state index in [0.29, 0.717) is 0 Å². The molecule has 0 N–H and O–H groups in total. The number of hydrogen-bond donors (Lipinski definition) is 0. The summed E-state index contributed by atoms with van der Waals surface area (Å²) in [7, 11) is 0. The molecule has 0 saturated carbocycles. The van der Waals surface area contributed by atoms with Crippen molar-refractivity contribution in [2.75, 3.05) is 0 Å². The summed E-state index contributed by atoms with van der Waals surface area (Å²) in [4.78, 5) is 21.7. The van der Waals surface area contributed by atoms with Gasteiger partial charge in [-0.05, 0) is 30.4 Å². The Morgan fingerprint density at radius 3 is 2.83 bits per heavy atom. The van der Waals surface area contributed by atoms with Crippen LogP contribution in [-0.4, -0.2) is 14.9 Å². The SMILES string of the molecule is O=[N+]([O-])c1ccc(CSc2ncnc3sc4c(c23)CCC4)cc1. The summed E-state index contributed by atoms with van der Waals surface area (Å²) < 4.78 is 0. The van der Waals surface area contributed by atoms with Crippen LogP contribution in [0.4, 0.5) is 5.69 Å². The van der Waals surface area contributed by atoms with Gasteiger partial charge in [0, 0.05) is 28.1 Å². The van der Waals surface area contributed by atoms with Gasteiger partial charge >= 0.3 is 0 Å². The van der Waals surface area contributed by atoms with E-state index < -0.39 is 0 Å². The lowest BCUT2D eigenvalue weighted by atomic mass is 10.2. The van der Waals surface area contributed by atoms with Gasteiger partial charge in [0.1, 0.15) is 16.2 Å². The molecule has 7 heteroatoms. The third kappa shape index (κ3) is 2.70. The Kier molecular flexibility index (Phi) is 3.74. The lowest BCUT2D eigenvalue weighted by molar-refractivity contribution is -0.384. The molecule has 1 aromatic carbocycles. The van der Waals surface area contributed by atoms with Crippen LogP contribution in [0.1, 0.15) is 22.4 Å². The Labute approximate surface area is 140 Å². The van der Waals surface area contributed by atoms with Crippen molar-refractivity contribution in [1.29, 1.82) is 0 Å². The second-order valence-corrected chi connectivity index (χ2v) is 7.48. The fourth-order valence-electron chi connectivity index (χ4n) is 2.87. The summed E-state index contributed by atoms with van der Waals surface area (Å²) in [6.07, 6.45) is 5.13. The van der Waals surface area contributed by atoms with Gasteiger partial charge in [-0.2, -0.15) is 0 Å². The van der Waals surface area contributed by atoms with E-state index in [1.54, 1.807) is 41.6 Å². The minimum Gasteiger partial charge on any atom is -0.258 e. The Hall–Kier alpha value is -1.99. The van der Waals surface area contributed by atoms with Crippen molar-refractivity contribution in [3.8, 4) is 0 Å². The van der Waals surface area contributed by atoms with E-state index >= 15 is 0 Å². The van der Waals surface area contributed by atoms with E-state index in [-0.39, 0.29) is 10.6 Å². The van der Waals surface area contributed by atoms with Crippen molar-refractivity contribution < 1.29 is 4.92 Å². The molecule has 5 nitrogen and oxygen atoms in total. The van der Waals surface area contributed by atoms with Crippen LogP contribution in [0.3, 0.4) is 0 Å². The normalized spacial score (nSPS) is 13.4. The van der Waals surface area contributed by atoms with E-state index in [9.17, 15) is 10.1 Å². The van der Waals surface area contributed by atoms with Crippen molar-refractivity contribution in [1.82, 2.24) is 9.97 Å². The van der Waals surface area contributed by atoms with Crippen LogP contribution in [0.2, 0.25) is 0 Å². The topological polar surface area (TPSA) is 68.9 Å². The fourth-order valence-corrected chi connectivity index (χ4v) is 5.15. The molecule has 0 atom stereocenters. The van der Waals surface area contributed by atoms with Crippen LogP contribution < -0.4 is 0 Å². The third-order valence-electron chi connectivity index (χ3n) is 3.99. The van der Waals surface area contributed by atoms with Crippen LogP contribution in [0.5, 0.6) is 0 Å². The van der Waals surface area contributed by atoms with Gasteiger partial charge in [0.25, 0.3) is 5.69 Å². The lowest BCUT2D eigenvalue weighted by Gasteiger charge is -2.04. The van der Waals surface area contributed by atoms with E-state index in [1.165, 1.54) is 22.2 Å². The molecule has 1 aliphatic carbocycles. The quantitative estimate of drug-likeness (QED) is 0.304. The molecule has 0 aliphatic heterocycles. The van der Waals surface area contributed by atoms with Gasteiger partial charge in [0.15, 0.2) is 0 Å². The van der Waals surface area contributed by atoms with Gasteiger partial charge < -0.3 is 0 Å². The zero-order valence-corrected chi connectivity index (χ0v) is 13.8. The van der Waals surface area contributed by atoms with Crippen molar-refractivity contribution in [2.45, 2.75) is 30.0 Å². The molecule has 0 radical (unpaired) electrons. The van der Waals surface area contributed by atoms with Crippen LogP contribution in [0.15, 0.2) is 35.6 Å². The Balaban J connectivity index is 1.59. The second-order valence-electron chi connectivity index (χ2n) is 5.43. The monoisotopic (exact) mass is 343 g/mol. The lowest BCUT2D eigenvalue weighted by Crippen LogP contribution is -1.90. The molecule has 2 aromatic heterocycles. The van der Waals surface area contributed by atoms with Gasteiger partial charge in [0.2, 0.25) is 0 Å². The fraction of sp³-hybridized carbons (Fsp3) is 0.250. The van der Waals surface area contributed by atoms with Crippen molar-refractivity contribution >= 4 is 39.0 Å². The number of nitro groups is 1. The van der Waals surface area contributed by atoms with Crippen LogP contribution >= 0.6 is 23.1 Å². The molecule has 0 spiro atoms. The summed E-state index contributed by atoms with van der Waals surface area (Å²) in [6, 6.07) is 6.71. The zero-order valence-electron chi connectivity index (χ0n) is 12.2. The van der Waals surface area contributed by atoms with E-state index in [1.807, 2.05) is 12.1 Å². The van der Waals surface area contributed by atoms with Gasteiger partial charge in [-0.15, -0.1) is 23.1 Å². The predicted octanol–water partition coefficient (Wildman–Crippen LogP) is 4.38. The molecule has 2 heterocycles. The molecule has 23 heavy (non-hydrogen) atoms. The molecule has 1 aliphatic rings. The molecule has 0 amide bonds. The highest BCUT2D eigenvalue weighted by atomic mass is 32.2. The average Bonchev–Trinajstić information content (AvgIpc) is 3.14. The highest BCUT2D eigenvalue weighted by Gasteiger charge is 2.21. The highest BCUT2D eigenvalue weighted by molar-refractivity contribution is 7.98. The highest BCUT2D eigenvalue weighted by Crippen LogP contribution is 2.40. The van der Waals surface area contributed by atoms with Crippen molar-refractivity contribution in [3.63, 3.8) is 0 Å². The van der Waals surface area contributed by atoms with Gasteiger partial charge in [-0.3, -0.25) is 10.1 Å². The minimum absolute atomic E-state index is 0.124. The van der Waals surface area contributed by atoms with E-state index in [2.05, 4.69) is 9.97 Å². The zero-order chi connectivity index (χ0) is 15.8. The summed E-state index contributed by atoms with van der Waals surface area (Å²) in [5.41, 5.74) is 2.61. The first kappa shape index (κ1) is 14.6. The Morgan fingerprint density at radius 1 is 1.22 bits per heavy atom. The number of thioether (sulfide) groups is 1. The molecule has 0 saturated heterocycles. The van der Waals surface area contributed by atoms with Gasteiger partial charge in [-0.25, -0.2) is 9.97 Å². The maximum absolute atomic E-state index is 10.7. The van der Waals surface area contributed by atoms with Gasteiger partial charge in [-0.1, -0.05) is 12.1 Å². The van der Waals surface area contributed by atoms with E-state index in [0.717, 1.165) is 34.0 Å². The summed E-state index contributed by atoms with van der Waals surface area (Å²) >= 11 is 3.46. The number of benzene rings is 1. The van der Waals surface area contributed by atoms with Crippen molar-refractivity contribution in [2.24, 2.45) is 0 Å². The standard InChI is InChI=1S/C16H13N3O2S2/c20-19(21)11-6-4-10(5-7-11)8-22-15-14-12-2-1-3-13(12)23-16(14)18-9-17-15/h4-7,9H,1-3,8H2. The number of aryl methyl sites for hydroxylation is 2. The summed E-state index contributed by atoms with van der Waals surface area (Å²) in [5, 5.41) is 12.9. The number of non-ortho nitro benzene ring substituents is 1. The number of nitrogens with zero attached hydrogens (tertiary/aromatic N) is 3. The summed E-state index contributed by atoms with van der Waals surface area (Å²) in [5.74, 6) is 0.745. The predicted molar refractivity (Wildman–Crippen MR) is 92.1 cm³/mol. The maximum Gasteiger partial charge on any atom is 0.269 e. The average molecular weight is 343 g/mol. The molecular weight excluding hydrogens is 330 g/mol.